The van der Waals surface area contributed by atoms with Gasteiger partial charge in [-0.1, -0.05) is 13.8 Å². The summed E-state index contributed by atoms with van der Waals surface area (Å²) < 4.78 is 5.14. The Balaban J connectivity index is 2.47. The average Bonchev–Trinajstić information content (AvgIpc) is 2.22. The summed E-state index contributed by atoms with van der Waals surface area (Å²) in [6.07, 6.45) is 3.90. The van der Waals surface area contributed by atoms with Crippen molar-refractivity contribution in [2.24, 2.45) is 11.8 Å². The predicted octanol–water partition coefficient (Wildman–Crippen LogP) is 1.75. The lowest BCUT2D eigenvalue weighted by Gasteiger charge is -2.39. The first-order valence-electron chi connectivity index (χ1n) is 6.51. The Morgan fingerprint density at radius 3 is 2.25 bits per heavy atom. The van der Waals surface area contributed by atoms with Gasteiger partial charge in [-0.15, -0.1) is 0 Å². The Bertz CT molecular complexity index is 177. The minimum absolute atomic E-state index is 0.253. The van der Waals surface area contributed by atoms with Crippen molar-refractivity contribution in [1.82, 2.24) is 4.90 Å². The fraction of sp³-hybridized carbons (Fsp3) is 1.00. The molecule has 1 fully saturated rings. The lowest BCUT2D eigenvalue weighted by atomic mass is 9.80. The van der Waals surface area contributed by atoms with Crippen LogP contribution in [0.5, 0.6) is 0 Å². The molecule has 1 saturated carbocycles. The normalized spacial score (nSPS) is 30.9. The highest BCUT2D eigenvalue weighted by molar-refractivity contribution is 4.81. The van der Waals surface area contributed by atoms with Gasteiger partial charge in [-0.3, -0.25) is 4.90 Å². The van der Waals surface area contributed by atoms with Gasteiger partial charge in [-0.2, -0.15) is 0 Å². The molecular weight excluding hydrogens is 202 g/mol. The number of nitrogens with zero attached hydrogens (tertiary/aromatic N) is 1. The van der Waals surface area contributed by atoms with Gasteiger partial charge in [0.15, 0.2) is 0 Å². The molecule has 0 heterocycles. The third-order valence-corrected chi connectivity index (χ3v) is 3.64. The van der Waals surface area contributed by atoms with Crippen LogP contribution >= 0.6 is 0 Å². The summed E-state index contributed by atoms with van der Waals surface area (Å²) >= 11 is 0. The standard InChI is InChI=1S/C13H27NO2/c1-11-8-12(2)10-13(9-11)14(4-6-15)5-7-16-3/h11-13,15H,4-10H2,1-3H3. The monoisotopic (exact) mass is 229 g/mol. The summed E-state index contributed by atoms with van der Waals surface area (Å²) in [4.78, 5) is 2.40. The number of ether oxygens (including phenoxy) is 1. The smallest absolute Gasteiger partial charge is 0.0589 e. The quantitative estimate of drug-likeness (QED) is 0.753. The van der Waals surface area contributed by atoms with Crippen molar-refractivity contribution in [2.75, 3.05) is 33.4 Å². The Hall–Kier alpha value is -0.120. The van der Waals surface area contributed by atoms with E-state index in [0.29, 0.717) is 6.04 Å². The zero-order valence-electron chi connectivity index (χ0n) is 11.0. The maximum absolute atomic E-state index is 9.12. The van der Waals surface area contributed by atoms with Crippen molar-refractivity contribution < 1.29 is 9.84 Å². The van der Waals surface area contributed by atoms with Crippen LogP contribution in [0.15, 0.2) is 0 Å². The van der Waals surface area contributed by atoms with Crippen LogP contribution in [0.1, 0.15) is 33.1 Å². The van der Waals surface area contributed by atoms with E-state index in [1.54, 1.807) is 7.11 Å². The summed E-state index contributed by atoms with van der Waals surface area (Å²) in [5.41, 5.74) is 0. The molecule has 0 aliphatic heterocycles. The Labute approximate surface area is 99.8 Å². The van der Waals surface area contributed by atoms with E-state index in [9.17, 15) is 0 Å². The highest BCUT2D eigenvalue weighted by atomic mass is 16.5. The van der Waals surface area contributed by atoms with Crippen molar-refractivity contribution in [2.45, 2.75) is 39.2 Å². The van der Waals surface area contributed by atoms with Crippen molar-refractivity contribution in [1.29, 1.82) is 0 Å². The van der Waals surface area contributed by atoms with Gasteiger partial charge in [0.05, 0.1) is 13.2 Å². The summed E-state index contributed by atoms with van der Waals surface area (Å²) in [6, 6.07) is 0.640. The van der Waals surface area contributed by atoms with Gasteiger partial charge in [0.2, 0.25) is 0 Å². The van der Waals surface area contributed by atoms with Crippen molar-refractivity contribution in [3.63, 3.8) is 0 Å². The predicted molar refractivity (Wildman–Crippen MR) is 66.5 cm³/mol. The molecule has 0 bridgehead atoms. The molecule has 0 amide bonds. The van der Waals surface area contributed by atoms with Crippen LogP contribution in [0.4, 0.5) is 0 Å². The fourth-order valence-electron chi connectivity index (χ4n) is 3.02. The van der Waals surface area contributed by atoms with Crippen LogP contribution in [0, 0.1) is 11.8 Å². The Morgan fingerprint density at radius 2 is 1.75 bits per heavy atom. The average molecular weight is 229 g/mol. The molecular formula is C13H27NO2. The molecule has 0 aromatic carbocycles. The maximum Gasteiger partial charge on any atom is 0.0589 e. The molecule has 1 aliphatic rings. The molecule has 0 aromatic rings. The van der Waals surface area contributed by atoms with Crippen molar-refractivity contribution >= 4 is 0 Å². The molecule has 0 radical (unpaired) electrons. The van der Waals surface area contributed by atoms with Crippen molar-refractivity contribution in [3.8, 4) is 0 Å². The third kappa shape index (κ3) is 4.40. The number of hydrogen-bond acceptors (Lipinski definition) is 3. The topological polar surface area (TPSA) is 32.7 Å². The van der Waals surface area contributed by atoms with E-state index in [0.717, 1.165) is 31.5 Å². The Morgan fingerprint density at radius 1 is 1.12 bits per heavy atom. The first-order valence-corrected chi connectivity index (χ1v) is 6.51. The lowest BCUT2D eigenvalue weighted by Crippen LogP contribution is -2.43. The van der Waals surface area contributed by atoms with Crippen LogP contribution < -0.4 is 0 Å². The molecule has 2 unspecified atom stereocenters. The second-order valence-corrected chi connectivity index (χ2v) is 5.32. The van der Waals surface area contributed by atoms with E-state index in [4.69, 9.17) is 9.84 Å². The first kappa shape index (κ1) is 13.9. The number of aliphatic hydroxyl groups is 1. The zero-order valence-corrected chi connectivity index (χ0v) is 11.0. The third-order valence-electron chi connectivity index (χ3n) is 3.64. The van der Waals surface area contributed by atoms with Crippen LogP contribution in [-0.2, 0) is 4.74 Å². The number of rotatable bonds is 6. The lowest BCUT2D eigenvalue weighted by molar-refractivity contribution is 0.0635. The van der Waals surface area contributed by atoms with E-state index in [1.807, 2.05) is 0 Å². The largest absolute Gasteiger partial charge is 0.395 e. The number of aliphatic hydroxyl groups excluding tert-OH is 1. The van der Waals surface area contributed by atoms with Gasteiger partial charge in [0, 0.05) is 26.2 Å². The van der Waals surface area contributed by atoms with Gasteiger partial charge in [0.1, 0.15) is 0 Å². The summed E-state index contributed by atoms with van der Waals surface area (Å²) in [5.74, 6) is 1.63. The van der Waals surface area contributed by atoms with Gasteiger partial charge < -0.3 is 9.84 Å². The van der Waals surface area contributed by atoms with Crippen molar-refractivity contribution in [3.05, 3.63) is 0 Å². The summed E-state index contributed by atoms with van der Waals surface area (Å²) in [6.45, 7) is 7.43. The van der Waals surface area contributed by atoms with Crippen LogP contribution in [-0.4, -0.2) is 49.5 Å². The van der Waals surface area contributed by atoms with E-state index in [1.165, 1.54) is 19.3 Å². The van der Waals surface area contributed by atoms with Gasteiger partial charge in [0.25, 0.3) is 0 Å². The minimum atomic E-state index is 0.253. The molecule has 1 aliphatic carbocycles. The summed E-state index contributed by atoms with van der Waals surface area (Å²) in [5, 5.41) is 9.12. The molecule has 0 saturated heterocycles. The van der Waals surface area contributed by atoms with Gasteiger partial charge in [-0.25, -0.2) is 0 Å². The molecule has 0 aromatic heterocycles. The molecule has 0 spiro atoms. The second-order valence-electron chi connectivity index (χ2n) is 5.32. The molecule has 1 rings (SSSR count). The summed E-state index contributed by atoms with van der Waals surface area (Å²) in [7, 11) is 1.74. The SMILES string of the molecule is COCCN(CCO)C1CC(C)CC(C)C1. The van der Waals surface area contributed by atoms with Crippen LogP contribution in [0.25, 0.3) is 0 Å². The fourth-order valence-corrected chi connectivity index (χ4v) is 3.02. The molecule has 1 N–H and O–H groups in total. The molecule has 3 heteroatoms. The maximum atomic E-state index is 9.12. The van der Waals surface area contributed by atoms with Gasteiger partial charge in [-0.05, 0) is 31.1 Å². The number of hydrogen-bond donors (Lipinski definition) is 1. The highest BCUT2D eigenvalue weighted by Crippen LogP contribution is 2.31. The van der Waals surface area contributed by atoms with Crippen LogP contribution in [0.2, 0.25) is 0 Å². The minimum Gasteiger partial charge on any atom is -0.395 e. The van der Waals surface area contributed by atoms with E-state index in [-0.39, 0.29) is 6.61 Å². The molecule has 3 nitrogen and oxygen atoms in total. The molecule has 2 atom stereocenters. The van der Waals surface area contributed by atoms with Gasteiger partial charge >= 0.3 is 0 Å². The molecule has 96 valence electrons. The number of methoxy groups -OCH3 is 1. The Kier molecular flexibility index (Phi) is 6.32. The first-order chi connectivity index (χ1) is 7.67. The van der Waals surface area contributed by atoms with E-state index >= 15 is 0 Å². The van der Waals surface area contributed by atoms with Crippen LogP contribution in [0.3, 0.4) is 0 Å². The second kappa shape index (κ2) is 7.25. The van der Waals surface area contributed by atoms with E-state index in [2.05, 4.69) is 18.7 Å². The highest BCUT2D eigenvalue weighted by Gasteiger charge is 2.27. The van der Waals surface area contributed by atoms with E-state index < -0.39 is 0 Å². The zero-order chi connectivity index (χ0) is 12.0. The molecule has 16 heavy (non-hydrogen) atoms.